The molecule has 1 aromatic rings. The van der Waals surface area contributed by atoms with E-state index in [1.807, 2.05) is 13.8 Å². The lowest BCUT2D eigenvalue weighted by Crippen LogP contribution is -2.28. The van der Waals surface area contributed by atoms with Crippen LogP contribution in [0.1, 0.15) is 31.1 Å². The van der Waals surface area contributed by atoms with Crippen molar-refractivity contribution in [3.05, 3.63) is 28.8 Å². The number of Topliss-reactive ketones (excluding diaryl/α,β-unsaturated/α-hetero) is 1. The van der Waals surface area contributed by atoms with Crippen molar-refractivity contribution in [2.75, 3.05) is 18.6 Å². The van der Waals surface area contributed by atoms with Gasteiger partial charge in [0.25, 0.3) is 0 Å². The monoisotopic (exact) mass is 283 g/mol. The molecule has 104 valence electrons. The Bertz CT molecular complexity index is 486. The first kappa shape index (κ1) is 15.5. The van der Waals surface area contributed by atoms with Crippen LogP contribution in [-0.2, 0) is 4.74 Å². The van der Waals surface area contributed by atoms with E-state index in [2.05, 4.69) is 0 Å². The van der Waals surface area contributed by atoms with Crippen molar-refractivity contribution in [3.63, 3.8) is 0 Å². The van der Waals surface area contributed by atoms with E-state index in [4.69, 9.17) is 16.3 Å². The Morgan fingerprint density at radius 1 is 1.37 bits per heavy atom. The summed E-state index contributed by atoms with van der Waals surface area (Å²) in [5, 5.41) is 0.327. The molecule has 0 fully saturated rings. The lowest BCUT2D eigenvalue weighted by molar-refractivity contribution is 0.101. The number of nitrogens with zero attached hydrogens (tertiary/aromatic N) is 1. The molecule has 0 radical (unpaired) electrons. The molecule has 0 spiro atoms. The fourth-order valence-corrected chi connectivity index (χ4v) is 1.75. The zero-order valence-corrected chi connectivity index (χ0v) is 12.3. The number of benzene rings is 1. The van der Waals surface area contributed by atoms with E-state index >= 15 is 0 Å². The van der Waals surface area contributed by atoms with Crippen LogP contribution in [0.2, 0.25) is 5.02 Å². The second-order valence-electron chi connectivity index (χ2n) is 4.75. The van der Waals surface area contributed by atoms with Crippen LogP contribution >= 0.6 is 11.6 Å². The summed E-state index contributed by atoms with van der Waals surface area (Å²) in [4.78, 5) is 24.4. The first-order valence-electron chi connectivity index (χ1n) is 6.04. The molecule has 1 aromatic carbocycles. The summed E-state index contributed by atoms with van der Waals surface area (Å²) < 4.78 is 5.11. The van der Waals surface area contributed by atoms with Crippen LogP contribution in [0.3, 0.4) is 0 Å². The maximum absolute atomic E-state index is 11.8. The molecule has 0 aliphatic rings. The third-order valence-corrected chi connectivity index (χ3v) is 2.85. The number of amides is 1. The molecule has 0 aliphatic heterocycles. The third-order valence-electron chi connectivity index (χ3n) is 2.53. The molecule has 0 unspecified atom stereocenters. The van der Waals surface area contributed by atoms with Crippen LogP contribution in [0, 0.1) is 5.92 Å². The molecular formula is C14H18ClNO3. The summed E-state index contributed by atoms with van der Waals surface area (Å²) in [6, 6.07) is 4.85. The number of ketones is 1. The fraction of sp³-hybridized carbons (Fsp3) is 0.429. The maximum Gasteiger partial charge on any atom is 0.414 e. The van der Waals surface area contributed by atoms with Gasteiger partial charge in [-0.3, -0.25) is 9.69 Å². The highest BCUT2D eigenvalue weighted by molar-refractivity contribution is 6.34. The van der Waals surface area contributed by atoms with Crippen LogP contribution in [0.4, 0.5) is 10.5 Å². The van der Waals surface area contributed by atoms with E-state index in [0.29, 0.717) is 22.9 Å². The number of hydrogen-bond acceptors (Lipinski definition) is 3. The van der Waals surface area contributed by atoms with Gasteiger partial charge >= 0.3 is 6.09 Å². The number of rotatable bonds is 4. The van der Waals surface area contributed by atoms with E-state index in [1.165, 1.54) is 11.8 Å². The van der Waals surface area contributed by atoms with Gasteiger partial charge in [-0.1, -0.05) is 25.4 Å². The molecule has 19 heavy (non-hydrogen) atoms. The van der Waals surface area contributed by atoms with Crippen LogP contribution in [-0.4, -0.2) is 25.5 Å². The van der Waals surface area contributed by atoms with Gasteiger partial charge in [0, 0.05) is 18.3 Å². The molecular weight excluding hydrogens is 266 g/mol. The van der Waals surface area contributed by atoms with E-state index in [-0.39, 0.29) is 11.7 Å². The average molecular weight is 284 g/mol. The van der Waals surface area contributed by atoms with Gasteiger partial charge in [0.1, 0.15) is 0 Å². The van der Waals surface area contributed by atoms with Crippen molar-refractivity contribution in [3.8, 4) is 0 Å². The first-order valence-corrected chi connectivity index (χ1v) is 6.41. The van der Waals surface area contributed by atoms with Crippen LogP contribution < -0.4 is 4.90 Å². The highest BCUT2D eigenvalue weighted by Crippen LogP contribution is 2.24. The summed E-state index contributed by atoms with van der Waals surface area (Å²) in [7, 11) is 1.60. The van der Waals surface area contributed by atoms with E-state index in [9.17, 15) is 9.59 Å². The Morgan fingerprint density at radius 2 is 2.00 bits per heavy atom. The van der Waals surface area contributed by atoms with Gasteiger partial charge in [0.2, 0.25) is 0 Å². The van der Waals surface area contributed by atoms with Gasteiger partial charge in [-0.15, -0.1) is 0 Å². The Balaban J connectivity index is 2.83. The minimum Gasteiger partial charge on any atom is -0.449 e. The average Bonchev–Trinajstić information content (AvgIpc) is 2.34. The molecule has 0 heterocycles. The van der Waals surface area contributed by atoms with E-state index in [1.54, 1.807) is 25.2 Å². The lowest BCUT2D eigenvalue weighted by atomic mass is 10.1. The molecule has 5 heteroatoms. The highest BCUT2D eigenvalue weighted by atomic mass is 35.5. The van der Waals surface area contributed by atoms with Gasteiger partial charge < -0.3 is 4.74 Å². The number of ether oxygens (including phenoxy) is 1. The van der Waals surface area contributed by atoms with Crippen LogP contribution in [0.25, 0.3) is 0 Å². The number of anilines is 1. The molecule has 0 saturated carbocycles. The van der Waals surface area contributed by atoms with Crippen molar-refractivity contribution in [2.24, 2.45) is 5.92 Å². The maximum atomic E-state index is 11.8. The standard InChI is InChI=1S/C14H18ClNO3/c1-9(2)8-19-14(18)16(4)11-5-6-12(10(3)17)13(15)7-11/h5-7,9H,8H2,1-4H3. The summed E-state index contributed by atoms with van der Waals surface area (Å²) in [5.41, 5.74) is 1.03. The summed E-state index contributed by atoms with van der Waals surface area (Å²) in [5.74, 6) is 0.169. The first-order chi connectivity index (χ1) is 8.82. The molecule has 0 aromatic heterocycles. The number of halogens is 1. The van der Waals surface area contributed by atoms with Crippen molar-refractivity contribution in [1.82, 2.24) is 0 Å². The SMILES string of the molecule is CC(=O)c1ccc(N(C)C(=O)OCC(C)C)cc1Cl. The van der Waals surface area contributed by atoms with Gasteiger partial charge in [0.05, 0.1) is 11.6 Å². The third kappa shape index (κ3) is 4.24. The fourth-order valence-electron chi connectivity index (χ4n) is 1.44. The molecule has 0 atom stereocenters. The molecule has 1 rings (SSSR count). The predicted octanol–water partition coefficient (Wildman–Crippen LogP) is 3.77. The second kappa shape index (κ2) is 6.57. The molecule has 4 nitrogen and oxygen atoms in total. The summed E-state index contributed by atoms with van der Waals surface area (Å²) >= 11 is 6.00. The smallest absolute Gasteiger partial charge is 0.414 e. The van der Waals surface area contributed by atoms with Gasteiger partial charge in [-0.05, 0) is 31.0 Å². The second-order valence-corrected chi connectivity index (χ2v) is 5.16. The Labute approximate surface area is 118 Å². The van der Waals surface area contributed by atoms with E-state index < -0.39 is 6.09 Å². The zero-order chi connectivity index (χ0) is 14.6. The molecule has 0 aliphatic carbocycles. The predicted molar refractivity (Wildman–Crippen MR) is 76.0 cm³/mol. The highest BCUT2D eigenvalue weighted by Gasteiger charge is 2.15. The molecule has 0 bridgehead atoms. The van der Waals surface area contributed by atoms with E-state index in [0.717, 1.165) is 0 Å². The van der Waals surface area contributed by atoms with Crippen molar-refractivity contribution in [2.45, 2.75) is 20.8 Å². The quantitative estimate of drug-likeness (QED) is 0.790. The lowest BCUT2D eigenvalue weighted by Gasteiger charge is -2.18. The minimum absolute atomic E-state index is 0.110. The Hall–Kier alpha value is -1.55. The topological polar surface area (TPSA) is 46.6 Å². The van der Waals surface area contributed by atoms with Crippen molar-refractivity contribution < 1.29 is 14.3 Å². The Kier molecular flexibility index (Phi) is 5.36. The largest absolute Gasteiger partial charge is 0.449 e. The number of carbonyl (C=O) groups is 2. The van der Waals surface area contributed by atoms with Crippen molar-refractivity contribution in [1.29, 1.82) is 0 Å². The zero-order valence-electron chi connectivity index (χ0n) is 11.6. The minimum atomic E-state index is -0.444. The Morgan fingerprint density at radius 3 is 2.47 bits per heavy atom. The van der Waals surface area contributed by atoms with Crippen LogP contribution in [0.5, 0.6) is 0 Å². The molecule has 0 N–H and O–H groups in total. The summed E-state index contributed by atoms with van der Waals surface area (Å²) in [6.07, 6.45) is -0.444. The van der Waals surface area contributed by atoms with Gasteiger partial charge in [0.15, 0.2) is 5.78 Å². The number of hydrogen-bond donors (Lipinski definition) is 0. The van der Waals surface area contributed by atoms with Gasteiger partial charge in [-0.25, -0.2) is 4.79 Å². The van der Waals surface area contributed by atoms with Crippen molar-refractivity contribution >= 4 is 29.2 Å². The van der Waals surface area contributed by atoms with Crippen LogP contribution in [0.15, 0.2) is 18.2 Å². The number of carbonyl (C=O) groups excluding carboxylic acids is 2. The molecule has 1 amide bonds. The molecule has 0 saturated heterocycles. The summed E-state index contributed by atoms with van der Waals surface area (Å²) in [6.45, 7) is 5.74. The normalized spacial score (nSPS) is 10.4. The van der Waals surface area contributed by atoms with Gasteiger partial charge in [-0.2, -0.15) is 0 Å².